The lowest BCUT2D eigenvalue weighted by Gasteiger charge is -2.05. The molecule has 3 N–H and O–H groups in total. The number of nitrogen functional groups attached to an aromatic ring is 1. The predicted molar refractivity (Wildman–Crippen MR) is 76.9 cm³/mol. The number of thioether (sulfide) groups is 1. The van der Waals surface area contributed by atoms with E-state index in [1.807, 2.05) is 6.07 Å². The van der Waals surface area contributed by atoms with Gasteiger partial charge in [-0.3, -0.25) is 4.79 Å². The number of nitrogens with two attached hydrogens (primary N) is 1. The van der Waals surface area contributed by atoms with Crippen molar-refractivity contribution < 1.29 is 4.79 Å². The van der Waals surface area contributed by atoms with Crippen molar-refractivity contribution in [2.24, 2.45) is 0 Å². The van der Waals surface area contributed by atoms with Gasteiger partial charge < -0.3 is 11.1 Å². The Morgan fingerprint density at radius 3 is 2.79 bits per heavy atom. The van der Waals surface area contributed by atoms with Crippen molar-refractivity contribution in [1.29, 1.82) is 0 Å². The second-order valence-electron chi connectivity index (χ2n) is 3.80. The summed E-state index contributed by atoms with van der Waals surface area (Å²) in [5.41, 5.74) is 6.98. The lowest BCUT2D eigenvalue weighted by atomic mass is 10.3. The fraction of sp³-hybridized carbons (Fsp3) is 0.154. The van der Waals surface area contributed by atoms with Crippen LogP contribution in [-0.4, -0.2) is 21.6 Å². The van der Waals surface area contributed by atoms with Crippen LogP contribution in [-0.2, 0) is 4.79 Å². The number of amides is 1. The molecule has 0 spiro atoms. The molecule has 0 radical (unpaired) electrons. The second kappa shape index (κ2) is 6.75. The van der Waals surface area contributed by atoms with Crippen LogP contribution in [0.15, 0.2) is 47.9 Å². The SMILES string of the molecule is Nc1cccc(NC(=O)CCSc2ncccn2)c1. The minimum atomic E-state index is -0.0472. The number of nitrogens with zero attached hydrogens (tertiary/aromatic N) is 2. The molecule has 0 aliphatic heterocycles. The third-order valence-corrected chi connectivity index (χ3v) is 3.15. The number of rotatable bonds is 5. The molecule has 0 aliphatic carbocycles. The molecule has 0 atom stereocenters. The van der Waals surface area contributed by atoms with Crippen LogP contribution in [0.2, 0.25) is 0 Å². The molecule has 0 bridgehead atoms. The van der Waals surface area contributed by atoms with E-state index in [1.54, 1.807) is 36.7 Å². The highest BCUT2D eigenvalue weighted by Gasteiger charge is 2.04. The van der Waals surface area contributed by atoms with Crippen molar-refractivity contribution in [2.45, 2.75) is 11.6 Å². The molecule has 1 aromatic heterocycles. The minimum absolute atomic E-state index is 0.0472. The Labute approximate surface area is 115 Å². The predicted octanol–water partition coefficient (Wildman–Crippen LogP) is 2.18. The molecule has 98 valence electrons. The van der Waals surface area contributed by atoms with Crippen molar-refractivity contribution in [1.82, 2.24) is 9.97 Å². The molecule has 1 heterocycles. The normalized spacial score (nSPS) is 10.1. The first-order valence-corrected chi connectivity index (χ1v) is 6.78. The summed E-state index contributed by atoms with van der Waals surface area (Å²) in [6.45, 7) is 0. The summed E-state index contributed by atoms with van der Waals surface area (Å²) in [4.78, 5) is 19.9. The summed E-state index contributed by atoms with van der Waals surface area (Å²) in [5.74, 6) is 0.590. The van der Waals surface area contributed by atoms with Crippen LogP contribution < -0.4 is 11.1 Å². The molecular formula is C13H14N4OS. The van der Waals surface area contributed by atoms with E-state index >= 15 is 0 Å². The van der Waals surface area contributed by atoms with Gasteiger partial charge in [-0.25, -0.2) is 9.97 Å². The van der Waals surface area contributed by atoms with E-state index in [4.69, 9.17) is 5.73 Å². The lowest BCUT2D eigenvalue weighted by molar-refractivity contribution is -0.115. The Balaban J connectivity index is 1.76. The molecule has 1 aromatic carbocycles. The highest BCUT2D eigenvalue weighted by molar-refractivity contribution is 7.99. The molecule has 0 unspecified atom stereocenters. The molecule has 0 saturated heterocycles. The van der Waals surface area contributed by atoms with Gasteiger partial charge in [0, 0.05) is 35.9 Å². The average Bonchev–Trinajstić information content (AvgIpc) is 2.40. The summed E-state index contributed by atoms with van der Waals surface area (Å²) in [7, 11) is 0. The summed E-state index contributed by atoms with van der Waals surface area (Å²) < 4.78 is 0. The highest BCUT2D eigenvalue weighted by atomic mass is 32.2. The molecular weight excluding hydrogens is 260 g/mol. The van der Waals surface area contributed by atoms with Gasteiger partial charge in [-0.1, -0.05) is 17.8 Å². The fourth-order valence-corrected chi connectivity index (χ4v) is 2.18. The fourth-order valence-electron chi connectivity index (χ4n) is 1.43. The number of hydrogen-bond donors (Lipinski definition) is 2. The largest absolute Gasteiger partial charge is 0.399 e. The van der Waals surface area contributed by atoms with Gasteiger partial charge >= 0.3 is 0 Å². The quantitative estimate of drug-likeness (QED) is 0.496. The van der Waals surface area contributed by atoms with E-state index in [2.05, 4.69) is 15.3 Å². The second-order valence-corrected chi connectivity index (χ2v) is 4.87. The van der Waals surface area contributed by atoms with Crippen LogP contribution in [0.1, 0.15) is 6.42 Å². The van der Waals surface area contributed by atoms with Gasteiger partial charge in [0.25, 0.3) is 0 Å². The first-order chi connectivity index (χ1) is 9.24. The lowest BCUT2D eigenvalue weighted by Crippen LogP contribution is -2.12. The highest BCUT2D eigenvalue weighted by Crippen LogP contribution is 2.14. The maximum Gasteiger partial charge on any atom is 0.225 e. The first-order valence-electron chi connectivity index (χ1n) is 5.79. The number of carbonyl (C=O) groups excluding carboxylic acids is 1. The Hall–Kier alpha value is -2.08. The van der Waals surface area contributed by atoms with Gasteiger partial charge in [-0.05, 0) is 24.3 Å². The van der Waals surface area contributed by atoms with Crippen LogP contribution in [0.3, 0.4) is 0 Å². The zero-order valence-electron chi connectivity index (χ0n) is 10.2. The molecule has 6 heteroatoms. The van der Waals surface area contributed by atoms with Crippen molar-refractivity contribution >= 4 is 29.0 Å². The maximum absolute atomic E-state index is 11.7. The number of carbonyl (C=O) groups is 1. The van der Waals surface area contributed by atoms with E-state index in [0.29, 0.717) is 28.7 Å². The topological polar surface area (TPSA) is 80.9 Å². The van der Waals surface area contributed by atoms with Crippen LogP contribution in [0.5, 0.6) is 0 Å². The standard InChI is InChI=1S/C13H14N4OS/c14-10-3-1-4-11(9-10)17-12(18)5-8-19-13-15-6-2-7-16-13/h1-4,6-7,9H,5,8,14H2,(H,17,18). The van der Waals surface area contributed by atoms with E-state index in [-0.39, 0.29) is 5.91 Å². The molecule has 0 saturated carbocycles. The van der Waals surface area contributed by atoms with Gasteiger partial charge in [0.05, 0.1) is 0 Å². The Kier molecular flexibility index (Phi) is 4.74. The summed E-state index contributed by atoms with van der Waals surface area (Å²) in [6.07, 6.45) is 3.77. The van der Waals surface area contributed by atoms with Gasteiger partial charge in [-0.2, -0.15) is 0 Å². The molecule has 2 aromatic rings. The van der Waals surface area contributed by atoms with Crippen LogP contribution in [0.4, 0.5) is 11.4 Å². The van der Waals surface area contributed by atoms with Gasteiger partial charge in [-0.15, -0.1) is 0 Å². The monoisotopic (exact) mass is 274 g/mol. The summed E-state index contributed by atoms with van der Waals surface area (Å²) in [6, 6.07) is 8.87. The number of hydrogen-bond acceptors (Lipinski definition) is 5. The first kappa shape index (κ1) is 13.4. The zero-order valence-corrected chi connectivity index (χ0v) is 11.1. The third-order valence-electron chi connectivity index (χ3n) is 2.27. The Bertz CT molecular complexity index is 547. The smallest absolute Gasteiger partial charge is 0.225 e. The number of aromatic nitrogens is 2. The molecule has 0 aliphatic rings. The van der Waals surface area contributed by atoms with Crippen molar-refractivity contribution in [3.8, 4) is 0 Å². The van der Waals surface area contributed by atoms with E-state index in [1.165, 1.54) is 11.8 Å². The summed E-state index contributed by atoms with van der Waals surface area (Å²) >= 11 is 1.45. The average molecular weight is 274 g/mol. The Morgan fingerprint density at radius 1 is 1.26 bits per heavy atom. The van der Waals surface area contributed by atoms with Crippen molar-refractivity contribution in [3.05, 3.63) is 42.7 Å². The van der Waals surface area contributed by atoms with Gasteiger partial charge in [0.1, 0.15) is 0 Å². The summed E-state index contributed by atoms with van der Waals surface area (Å²) in [5, 5.41) is 3.48. The van der Waals surface area contributed by atoms with Crippen LogP contribution in [0.25, 0.3) is 0 Å². The van der Waals surface area contributed by atoms with Crippen molar-refractivity contribution in [2.75, 3.05) is 16.8 Å². The zero-order chi connectivity index (χ0) is 13.5. The third kappa shape index (κ3) is 4.59. The van der Waals surface area contributed by atoms with E-state index < -0.39 is 0 Å². The number of benzene rings is 1. The molecule has 5 nitrogen and oxygen atoms in total. The minimum Gasteiger partial charge on any atom is -0.399 e. The Morgan fingerprint density at radius 2 is 2.05 bits per heavy atom. The van der Waals surface area contributed by atoms with Crippen molar-refractivity contribution in [3.63, 3.8) is 0 Å². The van der Waals surface area contributed by atoms with Crippen LogP contribution >= 0.6 is 11.8 Å². The van der Waals surface area contributed by atoms with Gasteiger partial charge in [0.2, 0.25) is 5.91 Å². The van der Waals surface area contributed by atoms with E-state index in [9.17, 15) is 4.79 Å². The molecule has 0 fully saturated rings. The van der Waals surface area contributed by atoms with E-state index in [0.717, 1.165) is 0 Å². The van der Waals surface area contributed by atoms with Crippen LogP contribution in [0, 0.1) is 0 Å². The molecule has 19 heavy (non-hydrogen) atoms. The molecule has 1 amide bonds. The molecule has 2 rings (SSSR count). The number of nitrogens with one attached hydrogen (secondary N) is 1. The number of anilines is 2. The van der Waals surface area contributed by atoms with Gasteiger partial charge in [0.15, 0.2) is 5.16 Å². The maximum atomic E-state index is 11.7.